The van der Waals surface area contributed by atoms with Crippen molar-refractivity contribution in [1.82, 2.24) is 15.3 Å². The smallest absolute Gasteiger partial charge is 0.159 e. The van der Waals surface area contributed by atoms with Crippen LogP contribution < -0.4 is 5.32 Å². The van der Waals surface area contributed by atoms with Crippen LogP contribution in [0.3, 0.4) is 0 Å². The molecule has 2 aliphatic rings. The Hall–Kier alpha value is -1.75. The number of hydrogen-bond acceptors (Lipinski definition) is 2. The highest BCUT2D eigenvalue weighted by molar-refractivity contribution is 5.58. The third-order valence-corrected chi connectivity index (χ3v) is 6.26. The van der Waals surface area contributed by atoms with E-state index < -0.39 is 11.6 Å². The second-order valence-corrected chi connectivity index (χ2v) is 8.19. The van der Waals surface area contributed by atoms with Crippen LogP contribution in [0.4, 0.5) is 8.78 Å². The predicted octanol–water partition coefficient (Wildman–Crippen LogP) is 5.90. The van der Waals surface area contributed by atoms with Crippen LogP contribution in [0.25, 0.3) is 11.3 Å². The minimum atomic E-state index is -0.826. The van der Waals surface area contributed by atoms with E-state index in [1.165, 1.54) is 76.3 Å². The fourth-order valence-corrected chi connectivity index (χ4v) is 4.73. The summed E-state index contributed by atoms with van der Waals surface area (Å²) in [5.41, 5.74) is 1.38. The summed E-state index contributed by atoms with van der Waals surface area (Å²) in [5, 5.41) is 3.90. The number of nitrogens with one attached hydrogen (secondary N) is 2. The second kappa shape index (κ2) is 8.51. The Kier molecular flexibility index (Phi) is 5.86. The van der Waals surface area contributed by atoms with Crippen LogP contribution in [0.1, 0.15) is 76.1 Å². The molecule has 1 aromatic heterocycles. The Morgan fingerprint density at radius 1 is 0.926 bits per heavy atom. The molecule has 2 saturated carbocycles. The molecule has 2 N–H and O–H groups in total. The van der Waals surface area contributed by atoms with Crippen molar-refractivity contribution in [2.75, 3.05) is 0 Å². The van der Waals surface area contributed by atoms with E-state index in [1.807, 2.05) is 0 Å². The zero-order valence-corrected chi connectivity index (χ0v) is 15.8. The molecular weight excluding hydrogens is 344 g/mol. The zero-order valence-electron chi connectivity index (χ0n) is 15.8. The lowest BCUT2D eigenvalue weighted by Gasteiger charge is -2.34. The summed E-state index contributed by atoms with van der Waals surface area (Å²) in [4.78, 5) is 8.05. The average Bonchev–Trinajstić information content (AvgIpc) is 3.19. The lowest BCUT2D eigenvalue weighted by molar-refractivity contribution is 0.227. The molecule has 4 rings (SSSR count). The number of imidazole rings is 1. The number of H-pyrrole nitrogens is 1. The molecule has 1 aromatic carbocycles. The lowest BCUT2D eigenvalue weighted by Crippen LogP contribution is -2.39. The Morgan fingerprint density at radius 2 is 1.63 bits per heavy atom. The van der Waals surface area contributed by atoms with Gasteiger partial charge in [-0.3, -0.25) is 0 Å². The van der Waals surface area contributed by atoms with Crippen molar-refractivity contribution in [3.63, 3.8) is 0 Å². The highest BCUT2D eigenvalue weighted by atomic mass is 19.2. The van der Waals surface area contributed by atoms with Crippen molar-refractivity contribution >= 4 is 0 Å². The molecule has 0 aliphatic heterocycles. The van der Waals surface area contributed by atoms with Crippen molar-refractivity contribution in [2.24, 2.45) is 5.92 Å². The van der Waals surface area contributed by atoms with Gasteiger partial charge in [-0.15, -0.1) is 0 Å². The van der Waals surface area contributed by atoms with Gasteiger partial charge < -0.3 is 10.3 Å². The van der Waals surface area contributed by atoms with Crippen molar-refractivity contribution in [2.45, 2.75) is 76.3 Å². The summed E-state index contributed by atoms with van der Waals surface area (Å²) in [6.07, 6.45) is 14.5. The molecule has 0 spiro atoms. The Balaban J connectivity index is 1.57. The third-order valence-electron chi connectivity index (χ3n) is 6.26. The number of benzene rings is 1. The molecule has 2 fully saturated rings. The summed E-state index contributed by atoms with van der Waals surface area (Å²) in [6, 6.07) is 4.77. The fourth-order valence-electron chi connectivity index (χ4n) is 4.73. The molecule has 27 heavy (non-hydrogen) atoms. The second-order valence-electron chi connectivity index (χ2n) is 8.19. The SMILES string of the molecule is Fc1ccc(-c2cnc([C@@H](NC3CCCCC3)C3CCCCC3)[nH]2)cc1F. The number of nitrogens with zero attached hydrogens (tertiary/aromatic N) is 1. The van der Waals surface area contributed by atoms with Crippen molar-refractivity contribution in [1.29, 1.82) is 0 Å². The van der Waals surface area contributed by atoms with Crippen molar-refractivity contribution < 1.29 is 8.78 Å². The van der Waals surface area contributed by atoms with Crippen LogP contribution in [0.5, 0.6) is 0 Å². The molecule has 5 heteroatoms. The summed E-state index contributed by atoms with van der Waals surface area (Å²) in [5.74, 6) is -0.123. The highest BCUT2D eigenvalue weighted by Crippen LogP contribution is 2.35. The lowest BCUT2D eigenvalue weighted by atomic mass is 9.82. The molecule has 2 aliphatic carbocycles. The molecule has 3 nitrogen and oxygen atoms in total. The first-order chi connectivity index (χ1) is 13.2. The van der Waals surface area contributed by atoms with Gasteiger partial charge in [-0.2, -0.15) is 0 Å². The molecule has 2 aromatic rings. The largest absolute Gasteiger partial charge is 0.341 e. The van der Waals surface area contributed by atoms with E-state index in [1.54, 1.807) is 12.3 Å². The van der Waals surface area contributed by atoms with Gasteiger partial charge in [-0.1, -0.05) is 38.5 Å². The van der Waals surface area contributed by atoms with Gasteiger partial charge in [0.15, 0.2) is 11.6 Å². The van der Waals surface area contributed by atoms with Gasteiger partial charge in [0, 0.05) is 11.6 Å². The van der Waals surface area contributed by atoms with E-state index in [-0.39, 0.29) is 6.04 Å². The summed E-state index contributed by atoms with van der Waals surface area (Å²) in [6.45, 7) is 0. The van der Waals surface area contributed by atoms with Gasteiger partial charge in [0.05, 0.1) is 17.9 Å². The molecular formula is C22H29F2N3. The first-order valence-electron chi connectivity index (χ1n) is 10.5. The maximum absolute atomic E-state index is 13.6. The molecule has 0 radical (unpaired) electrons. The molecule has 0 saturated heterocycles. The van der Waals surface area contributed by atoms with E-state index in [9.17, 15) is 8.78 Å². The van der Waals surface area contributed by atoms with E-state index in [2.05, 4.69) is 15.3 Å². The first-order valence-corrected chi connectivity index (χ1v) is 10.5. The van der Waals surface area contributed by atoms with Crippen LogP contribution >= 0.6 is 0 Å². The quantitative estimate of drug-likeness (QED) is 0.685. The zero-order chi connectivity index (χ0) is 18.6. The van der Waals surface area contributed by atoms with Crippen LogP contribution in [0.15, 0.2) is 24.4 Å². The van der Waals surface area contributed by atoms with Gasteiger partial charge >= 0.3 is 0 Å². The summed E-state index contributed by atoms with van der Waals surface area (Å²) in [7, 11) is 0. The monoisotopic (exact) mass is 373 g/mol. The van der Waals surface area contributed by atoms with Crippen LogP contribution in [-0.4, -0.2) is 16.0 Å². The third kappa shape index (κ3) is 4.40. The van der Waals surface area contributed by atoms with Crippen LogP contribution in [0, 0.1) is 17.6 Å². The predicted molar refractivity (Wildman–Crippen MR) is 103 cm³/mol. The highest BCUT2D eigenvalue weighted by Gasteiger charge is 2.29. The molecule has 0 bridgehead atoms. The molecule has 1 heterocycles. The number of aromatic amines is 1. The first kappa shape index (κ1) is 18.6. The van der Waals surface area contributed by atoms with E-state index in [0.717, 1.165) is 11.5 Å². The van der Waals surface area contributed by atoms with Gasteiger partial charge in [-0.25, -0.2) is 13.8 Å². The molecule has 0 unspecified atom stereocenters. The van der Waals surface area contributed by atoms with E-state index >= 15 is 0 Å². The molecule has 146 valence electrons. The molecule has 0 amide bonds. The minimum Gasteiger partial charge on any atom is -0.341 e. The summed E-state index contributed by atoms with van der Waals surface area (Å²) >= 11 is 0. The van der Waals surface area contributed by atoms with E-state index in [4.69, 9.17) is 0 Å². The maximum atomic E-state index is 13.6. The number of aromatic nitrogens is 2. The van der Waals surface area contributed by atoms with Gasteiger partial charge in [0.25, 0.3) is 0 Å². The standard InChI is InChI=1S/C22H29F2N3/c23-18-12-11-16(13-19(18)24)20-14-25-22(27-20)21(15-7-3-1-4-8-15)26-17-9-5-2-6-10-17/h11-15,17,21,26H,1-10H2,(H,25,27)/t21-/m0/s1. The van der Waals surface area contributed by atoms with E-state index in [0.29, 0.717) is 17.5 Å². The average molecular weight is 373 g/mol. The van der Waals surface area contributed by atoms with Gasteiger partial charge in [-0.05, 0) is 49.8 Å². The Morgan fingerprint density at radius 3 is 2.33 bits per heavy atom. The van der Waals surface area contributed by atoms with Crippen molar-refractivity contribution in [3.8, 4) is 11.3 Å². The van der Waals surface area contributed by atoms with Crippen LogP contribution in [-0.2, 0) is 0 Å². The number of halogens is 2. The normalized spacial score (nSPS) is 20.7. The number of rotatable bonds is 5. The van der Waals surface area contributed by atoms with Crippen LogP contribution in [0.2, 0.25) is 0 Å². The van der Waals surface area contributed by atoms with Gasteiger partial charge in [0.2, 0.25) is 0 Å². The fraction of sp³-hybridized carbons (Fsp3) is 0.591. The number of hydrogen-bond donors (Lipinski definition) is 2. The molecule has 1 atom stereocenters. The minimum absolute atomic E-state index is 0.215. The maximum Gasteiger partial charge on any atom is 0.159 e. The van der Waals surface area contributed by atoms with Gasteiger partial charge in [0.1, 0.15) is 5.82 Å². The Labute approximate surface area is 160 Å². The Bertz CT molecular complexity index is 746. The topological polar surface area (TPSA) is 40.7 Å². The summed E-state index contributed by atoms with van der Waals surface area (Å²) < 4.78 is 26.8. The van der Waals surface area contributed by atoms with Crippen molar-refractivity contribution in [3.05, 3.63) is 41.9 Å².